The first-order chi connectivity index (χ1) is 10.8. The van der Waals surface area contributed by atoms with Gasteiger partial charge >= 0.3 is 0 Å². The van der Waals surface area contributed by atoms with Crippen LogP contribution in [0.25, 0.3) is 0 Å². The highest BCUT2D eigenvalue weighted by Gasteiger charge is 2.25. The van der Waals surface area contributed by atoms with Gasteiger partial charge < -0.3 is 15.5 Å². The van der Waals surface area contributed by atoms with Crippen molar-refractivity contribution in [3.8, 4) is 0 Å². The fourth-order valence-electron chi connectivity index (χ4n) is 2.69. The quantitative estimate of drug-likeness (QED) is 0.810. The van der Waals surface area contributed by atoms with E-state index in [-0.39, 0.29) is 17.4 Å². The summed E-state index contributed by atoms with van der Waals surface area (Å²) in [7, 11) is 0. The first-order valence-electron chi connectivity index (χ1n) is 8.24. The molecule has 1 fully saturated rings. The third kappa shape index (κ3) is 5.99. The van der Waals surface area contributed by atoms with E-state index in [0.717, 1.165) is 38.3 Å². The number of nitrogens with one attached hydrogen (secondary N) is 2. The van der Waals surface area contributed by atoms with Crippen molar-refractivity contribution in [3.05, 3.63) is 23.4 Å². The van der Waals surface area contributed by atoms with Crippen molar-refractivity contribution < 1.29 is 4.79 Å². The summed E-state index contributed by atoms with van der Waals surface area (Å²) in [5.74, 6) is 1.21. The van der Waals surface area contributed by atoms with Gasteiger partial charge in [-0.05, 0) is 45.7 Å². The number of piperidine rings is 1. The zero-order valence-electron chi connectivity index (χ0n) is 14.2. The van der Waals surface area contributed by atoms with Crippen LogP contribution in [-0.2, 0) is 4.79 Å². The maximum atomic E-state index is 12.2. The van der Waals surface area contributed by atoms with Gasteiger partial charge in [-0.25, -0.2) is 4.98 Å². The monoisotopic (exact) mass is 338 g/mol. The number of hydrogen-bond acceptors (Lipinski definition) is 4. The number of pyridine rings is 1. The van der Waals surface area contributed by atoms with E-state index in [0.29, 0.717) is 11.6 Å². The molecule has 1 saturated heterocycles. The average molecular weight is 339 g/mol. The highest BCUT2D eigenvalue weighted by atomic mass is 35.5. The Morgan fingerprint density at radius 2 is 2.00 bits per heavy atom. The normalized spacial score (nSPS) is 16.4. The SMILES string of the molecule is CC(C)(C)NCCNC(=O)C1CCN(c2ccc(Cl)cn2)CC1. The van der Waals surface area contributed by atoms with E-state index in [1.807, 2.05) is 12.1 Å². The predicted molar refractivity (Wildman–Crippen MR) is 94.9 cm³/mol. The van der Waals surface area contributed by atoms with Gasteiger partial charge in [0.2, 0.25) is 5.91 Å². The van der Waals surface area contributed by atoms with Crippen LogP contribution in [0.3, 0.4) is 0 Å². The Labute approximate surface area is 143 Å². The topological polar surface area (TPSA) is 57.3 Å². The largest absolute Gasteiger partial charge is 0.357 e. The molecule has 2 N–H and O–H groups in total. The number of aromatic nitrogens is 1. The lowest BCUT2D eigenvalue weighted by Crippen LogP contribution is -2.44. The van der Waals surface area contributed by atoms with E-state index in [4.69, 9.17) is 11.6 Å². The molecule has 1 aliphatic rings. The summed E-state index contributed by atoms with van der Waals surface area (Å²) < 4.78 is 0. The molecule has 0 unspecified atom stereocenters. The summed E-state index contributed by atoms with van der Waals surface area (Å²) in [5.41, 5.74) is 0.0850. The lowest BCUT2D eigenvalue weighted by Gasteiger charge is -2.32. The highest BCUT2D eigenvalue weighted by Crippen LogP contribution is 2.22. The van der Waals surface area contributed by atoms with Gasteiger partial charge in [-0.15, -0.1) is 0 Å². The molecule has 2 heterocycles. The second-order valence-corrected chi connectivity index (χ2v) is 7.50. The van der Waals surface area contributed by atoms with Crippen molar-refractivity contribution >= 4 is 23.3 Å². The number of amides is 1. The van der Waals surface area contributed by atoms with Gasteiger partial charge in [-0.1, -0.05) is 11.6 Å². The van der Waals surface area contributed by atoms with Crippen molar-refractivity contribution in [1.82, 2.24) is 15.6 Å². The van der Waals surface area contributed by atoms with Gasteiger partial charge in [0.1, 0.15) is 5.82 Å². The van der Waals surface area contributed by atoms with Crippen LogP contribution in [0.5, 0.6) is 0 Å². The Kier molecular flexibility index (Phi) is 6.25. The van der Waals surface area contributed by atoms with Crippen LogP contribution in [0.4, 0.5) is 5.82 Å². The second kappa shape index (κ2) is 7.97. The van der Waals surface area contributed by atoms with Crippen LogP contribution in [0.1, 0.15) is 33.6 Å². The maximum Gasteiger partial charge on any atom is 0.223 e. The smallest absolute Gasteiger partial charge is 0.223 e. The molecule has 1 aromatic heterocycles. The number of anilines is 1. The Bertz CT molecular complexity index is 504. The summed E-state index contributed by atoms with van der Waals surface area (Å²) in [6, 6.07) is 3.78. The lowest BCUT2D eigenvalue weighted by molar-refractivity contribution is -0.125. The van der Waals surface area contributed by atoms with Gasteiger partial charge in [0, 0.05) is 43.8 Å². The van der Waals surface area contributed by atoms with Gasteiger partial charge in [-0.2, -0.15) is 0 Å². The van der Waals surface area contributed by atoms with Crippen LogP contribution in [0, 0.1) is 5.92 Å². The van der Waals surface area contributed by atoms with Gasteiger partial charge in [-0.3, -0.25) is 4.79 Å². The Morgan fingerprint density at radius 1 is 1.30 bits per heavy atom. The number of nitrogens with zero attached hydrogens (tertiary/aromatic N) is 2. The molecule has 0 aliphatic carbocycles. The molecule has 0 aromatic carbocycles. The first-order valence-corrected chi connectivity index (χ1v) is 8.62. The third-order valence-electron chi connectivity index (χ3n) is 3.98. The molecule has 1 amide bonds. The number of rotatable bonds is 5. The van der Waals surface area contributed by atoms with Gasteiger partial charge in [0.15, 0.2) is 0 Å². The summed E-state index contributed by atoms with van der Waals surface area (Å²) in [6.07, 6.45) is 3.39. The maximum absolute atomic E-state index is 12.2. The van der Waals surface area contributed by atoms with Crippen LogP contribution in [0.2, 0.25) is 5.02 Å². The molecule has 5 nitrogen and oxygen atoms in total. The van der Waals surface area contributed by atoms with E-state index in [2.05, 4.69) is 41.3 Å². The highest BCUT2D eigenvalue weighted by molar-refractivity contribution is 6.30. The van der Waals surface area contributed by atoms with Crippen molar-refractivity contribution in [3.63, 3.8) is 0 Å². The molecule has 0 atom stereocenters. The van der Waals surface area contributed by atoms with Crippen LogP contribution >= 0.6 is 11.6 Å². The zero-order chi connectivity index (χ0) is 16.9. The van der Waals surface area contributed by atoms with Gasteiger partial charge in [0.05, 0.1) is 5.02 Å². The second-order valence-electron chi connectivity index (χ2n) is 7.06. The van der Waals surface area contributed by atoms with Gasteiger partial charge in [0.25, 0.3) is 0 Å². The van der Waals surface area contributed by atoms with Crippen LogP contribution in [-0.4, -0.2) is 42.6 Å². The molecule has 128 valence electrons. The fraction of sp³-hybridized carbons (Fsp3) is 0.647. The minimum atomic E-state index is 0.0850. The van der Waals surface area contributed by atoms with Crippen molar-refractivity contribution in [2.75, 3.05) is 31.1 Å². The summed E-state index contributed by atoms with van der Waals surface area (Å²) in [6.45, 7) is 9.54. The van der Waals surface area contributed by atoms with Crippen LogP contribution in [0.15, 0.2) is 18.3 Å². The number of hydrogen-bond donors (Lipinski definition) is 2. The third-order valence-corrected chi connectivity index (χ3v) is 4.20. The number of carbonyl (C=O) groups is 1. The standard InChI is InChI=1S/C17H27ClN4O/c1-17(2,3)21-9-8-19-16(23)13-6-10-22(11-7-13)15-5-4-14(18)12-20-15/h4-5,12-13,21H,6-11H2,1-3H3,(H,19,23). The van der Waals surface area contributed by atoms with E-state index in [9.17, 15) is 4.79 Å². The molecular weight excluding hydrogens is 312 g/mol. The van der Waals surface area contributed by atoms with Crippen LogP contribution < -0.4 is 15.5 Å². The van der Waals surface area contributed by atoms with E-state index >= 15 is 0 Å². The average Bonchev–Trinajstić information content (AvgIpc) is 2.51. The van der Waals surface area contributed by atoms with Crippen molar-refractivity contribution in [2.24, 2.45) is 5.92 Å². The molecule has 0 radical (unpaired) electrons. The summed E-state index contributed by atoms with van der Waals surface area (Å²) in [5, 5.41) is 7.05. The minimum absolute atomic E-state index is 0.0850. The molecule has 2 rings (SSSR count). The predicted octanol–water partition coefficient (Wildman–Crippen LogP) is 2.46. The minimum Gasteiger partial charge on any atom is -0.357 e. The Morgan fingerprint density at radius 3 is 2.57 bits per heavy atom. The Balaban J connectivity index is 1.71. The summed E-state index contributed by atoms with van der Waals surface area (Å²) in [4.78, 5) is 18.8. The van der Waals surface area contributed by atoms with E-state index in [1.165, 1.54) is 0 Å². The molecule has 0 spiro atoms. The molecule has 1 aromatic rings. The molecule has 0 bridgehead atoms. The van der Waals surface area contributed by atoms with E-state index < -0.39 is 0 Å². The molecule has 1 aliphatic heterocycles. The summed E-state index contributed by atoms with van der Waals surface area (Å²) >= 11 is 5.86. The lowest BCUT2D eigenvalue weighted by atomic mass is 9.96. The molecular formula is C17H27ClN4O. The fourth-order valence-corrected chi connectivity index (χ4v) is 2.81. The van der Waals surface area contributed by atoms with Crippen molar-refractivity contribution in [2.45, 2.75) is 39.2 Å². The number of halogens is 1. The van der Waals surface area contributed by atoms with Crippen molar-refractivity contribution in [1.29, 1.82) is 0 Å². The van der Waals surface area contributed by atoms with E-state index in [1.54, 1.807) is 6.20 Å². The molecule has 6 heteroatoms. The number of carbonyl (C=O) groups excluding carboxylic acids is 1. The Hall–Kier alpha value is -1.33. The molecule has 23 heavy (non-hydrogen) atoms. The molecule has 0 saturated carbocycles. The zero-order valence-corrected chi connectivity index (χ0v) is 15.0. The first kappa shape index (κ1) is 18.0.